The fourth-order valence-electron chi connectivity index (χ4n) is 1.80. The van der Waals surface area contributed by atoms with Gasteiger partial charge in [-0.1, -0.05) is 35.5 Å². The fraction of sp³-hybridized carbons (Fsp3) is 0.133. The third kappa shape index (κ3) is 3.80. The van der Waals surface area contributed by atoms with E-state index in [9.17, 15) is 4.39 Å². The topological polar surface area (TPSA) is 67.8 Å². The number of ether oxygens (including phenoxy) is 1. The lowest BCUT2D eigenvalue weighted by Crippen LogP contribution is -2.13. The van der Waals surface area contributed by atoms with Gasteiger partial charge in [-0.2, -0.15) is 0 Å². The van der Waals surface area contributed by atoms with Crippen molar-refractivity contribution in [1.29, 1.82) is 0 Å². The number of nitrogens with two attached hydrogens (primary N) is 1. The zero-order valence-corrected chi connectivity index (χ0v) is 10.8. The summed E-state index contributed by atoms with van der Waals surface area (Å²) < 4.78 is 18.9. The smallest absolute Gasteiger partial charge is 0.170 e. The zero-order valence-electron chi connectivity index (χ0n) is 10.8. The number of nitrogens with zero attached hydrogens (tertiary/aromatic N) is 1. The molecular weight excluding hydrogens is 259 g/mol. The highest BCUT2D eigenvalue weighted by Gasteiger charge is 2.05. The average molecular weight is 274 g/mol. The molecular formula is C15H15FN2O2. The van der Waals surface area contributed by atoms with Gasteiger partial charge in [0, 0.05) is 5.56 Å². The third-order valence-electron chi connectivity index (χ3n) is 2.74. The Bertz CT molecular complexity index is 600. The van der Waals surface area contributed by atoms with Gasteiger partial charge in [0.2, 0.25) is 0 Å². The van der Waals surface area contributed by atoms with Crippen LogP contribution in [0.2, 0.25) is 0 Å². The van der Waals surface area contributed by atoms with Gasteiger partial charge in [0.1, 0.15) is 5.82 Å². The standard InChI is InChI=1S/C15H15FN2O2/c16-14-7-12(6-13(8-14)15(17)18-19)10-20-9-11-4-2-1-3-5-11/h1-8,19H,9-10H2,(H2,17,18). The van der Waals surface area contributed by atoms with Gasteiger partial charge in [-0.3, -0.25) is 0 Å². The minimum atomic E-state index is -0.451. The molecule has 0 unspecified atom stereocenters. The van der Waals surface area contributed by atoms with E-state index in [1.165, 1.54) is 12.1 Å². The van der Waals surface area contributed by atoms with Crippen LogP contribution in [0.15, 0.2) is 53.7 Å². The number of halogens is 1. The number of rotatable bonds is 5. The second-order valence-corrected chi connectivity index (χ2v) is 4.31. The van der Waals surface area contributed by atoms with E-state index in [0.717, 1.165) is 5.56 Å². The normalized spacial score (nSPS) is 11.6. The number of hydrogen-bond donors (Lipinski definition) is 2. The highest BCUT2D eigenvalue weighted by molar-refractivity contribution is 5.97. The van der Waals surface area contributed by atoms with Crippen LogP contribution in [0.1, 0.15) is 16.7 Å². The number of amidine groups is 1. The molecule has 4 nitrogen and oxygen atoms in total. The lowest BCUT2D eigenvalue weighted by Gasteiger charge is -2.07. The van der Waals surface area contributed by atoms with E-state index in [0.29, 0.717) is 17.7 Å². The molecule has 3 N–H and O–H groups in total. The Morgan fingerprint density at radius 2 is 1.80 bits per heavy atom. The van der Waals surface area contributed by atoms with Crippen molar-refractivity contribution < 1.29 is 14.3 Å². The molecule has 0 aromatic heterocycles. The van der Waals surface area contributed by atoms with E-state index in [1.54, 1.807) is 6.07 Å². The average Bonchev–Trinajstić information content (AvgIpc) is 2.47. The first-order valence-electron chi connectivity index (χ1n) is 6.08. The number of benzene rings is 2. The Labute approximate surface area is 116 Å². The van der Waals surface area contributed by atoms with Gasteiger partial charge in [0.25, 0.3) is 0 Å². The molecule has 0 bridgehead atoms. The van der Waals surface area contributed by atoms with Crippen LogP contribution in [-0.4, -0.2) is 11.0 Å². The van der Waals surface area contributed by atoms with Gasteiger partial charge in [0.15, 0.2) is 5.84 Å². The van der Waals surface area contributed by atoms with Crippen LogP contribution in [0.3, 0.4) is 0 Å². The molecule has 0 aliphatic rings. The van der Waals surface area contributed by atoms with E-state index in [-0.39, 0.29) is 12.4 Å². The van der Waals surface area contributed by atoms with Crippen molar-refractivity contribution in [3.05, 3.63) is 71.0 Å². The van der Waals surface area contributed by atoms with Crippen LogP contribution >= 0.6 is 0 Å². The van der Waals surface area contributed by atoms with E-state index < -0.39 is 5.82 Å². The Morgan fingerprint density at radius 3 is 2.50 bits per heavy atom. The van der Waals surface area contributed by atoms with E-state index >= 15 is 0 Å². The molecule has 0 radical (unpaired) electrons. The highest BCUT2D eigenvalue weighted by atomic mass is 19.1. The number of hydrogen-bond acceptors (Lipinski definition) is 3. The fourth-order valence-corrected chi connectivity index (χ4v) is 1.80. The summed E-state index contributed by atoms with van der Waals surface area (Å²) in [6, 6.07) is 13.9. The molecule has 0 fully saturated rings. The predicted molar refractivity (Wildman–Crippen MR) is 73.8 cm³/mol. The Balaban J connectivity index is 2.01. The molecule has 2 aromatic rings. The monoisotopic (exact) mass is 274 g/mol. The lowest BCUT2D eigenvalue weighted by atomic mass is 10.1. The van der Waals surface area contributed by atoms with Crippen molar-refractivity contribution in [2.45, 2.75) is 13.2 Å². The summed E-state index contributed by atoms with van der Waals surface area (Å²) in [6.45, 7) is 0.689. The van der Waals surface area contributed by atoms with E-state index in [4.69, 9.17) is 15.7 Å². The van der Waals surface area contributed by atoms with Crippen LogP contribution in [0.5, 0.6) is 0 Å². The summed E-state index contributed by atoms with van der Waals surface area (Å²) >= 11 is 0. The van der Waals surface area contributed by atoms with Crippen LogP contribution < -0.4 is 5.73 Å². The Kier molecular flexibility index (Phi) is 4.68. The van der Waals surface area contributed by atoms with Gasteiger partial charge in [0.05, 0.1) is 13.2 Å². The second kappa shape index (κ2) is 6.68. The zero-order chi connectivity index (χ0) is 14.4. The van der Waals surface area contributed by atoms with Crippen molar-refractivity contribution in [3.8, 4) is 0 Å². The summed E-state index contributed by atoms with van der Waals surface area (Å²) in [5, 5.41) is 11.5. The van der Waals surface area contributed by atoms with Crippen molar-refractivity contribution in [3.63, 3.8) is 0 Å². The molecule has 2 rings (SSSR count). The van der Waals surface area contributed by atoms with Crippen molar-refractivity contribution in [1.82, 2.24) is 0 Å². The minimum Gasteiger partial charge on any atom is -0.409 e. The van der Waals surface area contributed by atoms with Gasteiger partial charge in [-0.05, 0) is 29.3 Å². The van der Waals surface area contributed by atoms with Crippen LogP contribution in [0.4, 0.5) is 4.39 Å². The molecule has 104 valence electrons. The first-order chi connectivity index (χ1) is 9.69. The Morgan fingerprint density at radius 1 is 1.10 bits per heavy atom. The van der Waals surface area contributed by atoms with Gasteiger partial charge >= 0.3 is 0 Å². The highest BCUT2D eigenvalue weighted by Crippen LogP contribution is 2.11. The molecule has 0 heterocycles. The van der Waals surface area contributed by atoms with E-state index in [1.807, 2.05) is 30.3 Å². The largest absolute Gasteiger partial charge is 0.409 e. The molecule has 2 aromatic carbocycles. The summed E-state index contributed by atoms with van der Waals surface area (Å²) in [7, 11) is 0. The quantitative estimate of drug-likeness (QED) is 0.381. The maximum atomic E-state index is 13.4. The minimum absolute atomic E-state index is 0.131. The molecule has 0 spiro atoms. The summed E-state index contributed by atoms with van der Waals surface area (Å²) in [6.07, 6.45) is 0. The maximum Gasteiger partial charge on any atom is 0.170 e. The van der Waals surface area contributed by atoms with Crippen LogP contribution in [0.25, 0.3) is 0 Å². The SMILES string of the molecule is N/C(=N/O)c1cc(F)cc(COCc2ccccc2)c1. The maximum absolute atomic E-state index is 13.4. The molecule has 0 saturated heterocycles. The first kappa shape index (κ1) is 14.0. The first-order valence-corrected chi connectivity index (χ1v) is 6.08. The van der Waals surface area contributed by atoms with Crippen molar-refractivity contribution >= 4 is 5.84 Å². The molecule has 5 heteroatoms. The Hall–Kier alpha value is -2.40. The predicted octanol–water partition coefficient (Wildman–Crippen LogP) is 2.64. The second-order valence-electron chi connectivity index (χ2n) is 4.31. The molecule has 0 aliphatic carbocycles. The van der Waals surface area contributed by atoms with Crippen LogP contribution in [-0.2, 0) is 18.0 Å². The summed E-state index contributed by atoms with van der Waals surface area (Å²) in [5.74, 6) is -0.582. The molecule has 20 heavy (non-hydrogen) atoms. The molecule has 0 saturated carbocycles. The molecule has 0 atom stereocenters. The van der Waals surface area contributed by atoms with Gasteiger partial charge < -0.3 is 15.7 Å². The lowest BCUT2D eigenvalue weighted by molar-refractivity contribution is 0.107. The van der Waals surface area contributed by atoms with Gasteiger partial charge in [-0.15, -0.1) is 0 Å². The molecule has 0 aliphatic heterocycles. The third-order valence-corrected chi connectivity index (χ3v) is 2.74. The summed E-state index contributed by atoms with van der Waals surface area (Å²) in [5.41, 5.74) is 7.44. The van der Waals surface area contributed by atoms with Gasteiger partial charge in [-0.25, -0.2) is 4.39 Å². The van der Waals surface area contributed by atoms with Crippen molar-refractivity contribution in [2.24, 2.45) is 10.9 Å². The number of oxime groups is 1. The molecule has 0 amide bonds. The van der Waals surface area contributed by atoms with Crippen molar-refractivity contribution in [2.75, 3.05) is 0 Å². The van der Waals surface area contributed by atoms with E-state index in [2.05, 4.69) is 5.16 Å². The summed E-state index contributed by atoms with van der Waals surface area (Å²) in [4.78, 5) is 0. The van der Waals surface area contributed by atoms with Crippen LogP contribution in [0, 0.1) is 5.82 Å².